The number of ether oxygens (including phenoxy) is 2. The van der Waals surface area contributed by atoms with Gasteiger partial charge in [0.05, 0.1) is 12.2 Å². The van der Waals surface area contributed by atoms with Gasteiger partial charge in [0.2, 0.25) is 0 Å². The molecule has 6 nitrogen and oxygen atoms in total. The number of carbonyl (C=O) groups is 1. The molecule has 0 N–H and O–H groups in total. The summed E-state index contributed by atoms with van der Waals surface area (Å²) in [6.45, 7) is 1.14. The minimum Gasteiger partial charge on any atom is -0.462 e. The molecule has 2 unspecified atom stereocenters. The number of fused-ring (bicyclic) bond motifs is 2. The maximum absolute atomic E-state index is 12.6. The zero-order chi connectivity index (χ0) is 22.6. The number of aromatic nitrogens is 2. The Morgan fingerprint density at radius 3 is 2.91 bits per heavy atom. The van der Waals surface area contributed by atoms with E-state index < -0.39 is 5.60 Å². The molecule has 0 radical (unpaired) electrons. The van der Waals surface area contributed by atoms with Crippen molar-refractivity contribution < 1.29 is 14.3 Å². The predicted molar refractivity (Wildman–Crippen MR) is 127 cm³/mol. The lowest BCUT2D eigenvalue weighted by molar-refractivity contribution is -0.131. The second-order valence-electron chi connectivity index (χ2n) is 8.84. The van der Waals surface area contributed by atoms with E-state index in [9.17, 15) is 4.79 Å². The molecule has 1 aliphatic carbocycles. The van der Waals surface area contributed by atoms with Crippen molar-refractivity contribution in [2.75, 3.05) is 27.3 Å². The smallest absolute Gasteiger partial charge is 0.339 e. The Labute approximate surface area is 200 Å². The van der Waals surface area contributed by atoms with Gasteiger partial charge in [0.1, 0.15) is 10.8 Å². The molecule has 0 spiro atoms. The Bertz CT molecular complexity index is 1210. The number of nitrogens with zero attached hydrogens (tertiary/aromatic N) is 3. The number of rotatable bonds is 4. The largest absolute Gasteiger partial charge is 0.462 e. The number of hydrogen-bond donors (Lipinski definition) is 0. The minimum atomic E-state index is -0.488. The van der Waals surface area contributed by atoms with Crippen molar-refractivity contribution in [3.63, 3.8) is 0 Å². The van der Waals surface area contributed by atoms with Gasteiger partial charge in [0.25, 0.3) is 0 Å². The summed E-state index contributed by atoms with van der Waals surface area (Å²) < 4.78 is 14.8. The highest BCUT2D eigenvalue weighted by atomic mass is 79.9. The van der Waals surface area contributed by atoms with Crippen molar-refractivity contribution in [1.82, 2.24) is 14.5 Å². The van der Waals surface area contributed by atoms with Crippen molar-refractivity contribution >= 4 is 44.4 Å². The maximum Gasteiger partial charge on any atom is 0.339 e. The van der Waals surface area contributed by atoms with Crippen LogP contribution < -0.4 is 0 Å². The zero-order valence-corrected chi connectivity index (χ0v) is 20.6. The molecular formula is C24H25BrClN3O3. The second-order valence-corrected chi connectivity index (χ2v) is 10.1. The molecular weight excluding hydrogens is 494 g/mol. The van der Waals surface area contributed by atoms with Crippen LogP contribution in [0, 0.1) is 5.92 Å². The maximum atomic E-state index is 12.6. The van der Waals surface area contributed by atoms with Crippen LogP contribution in [0.4, 0.5) is 0 Å². The van der Waals surface area contributed by atoms with Gasteiger partial charge in [-0.05, 0) is 59.1 Å². The third kappa shape index (κ3) is 3.29. The summed E-state index contributed by atoms with van der Waals surface area (Å²) in [5.74, 6) is -0.228. The third-order valence-electron chi connectivity index (χ3n) is 7.07. The Morgan fingerprint density at radius 1 is 1.34 bits per heavy atom. The fraction of sp³-hybridized carbons (Fsp3) is 0.417. The molecule has 2 aromatic heterocycles. The predicted octanol–water partition coefficient (Wildman–Crippen LogP) is 4.56. The number of benzene rings is 1. The lowest BCUT2D eigenvalue weighted by Gasteiger charge is -2.53. The van der Waals surface area contributed by atoms with E-state index in [-0.39, 0.29) is 17.9 Å². The lowest BCUT2D eigenvalue weighted by Crippen LogP contribution is -2.60. The molecule has 1 aromatic carbocycles. The number of likely N-dealkylation sites (tertiary alicyclic amines) is 1. The molecule has 0 saturated carbocycles. The molecule has 2 aliphatic rings. The summed E-state index contributed by atoms with van der Waals surface area (Å²) in [7, 11) is 5.92. The first kappa shape index (κ1) is 21.9. The summed E-state index contributed by atoms with van der Waals surface area (Å²) in [6, 6.07) is 8.22. The van der Waals surface area contributed by atoms with Crippen LogP contribution in [-0.2, 0) is 28.5 Å². The number of halogens is 2. The highest BCUT2D eigenvalue weighted by molar-refractivity contribution is 9.10. The lowest BCUT2D eigenvalue weighted by atomic mass is 9.69. The van der Waals surface area contributed by atoms with E-state index in [0.29, 0.717) is 12.2 Å². The van der Waals surface area contributed by atoms with Crippen molar-refractivity contribution in [2.24, 2.45) is 13.0 Å². The van der Waals surface area contributed by atoms with E-state index in [2.05, 4.69) is 55.6 Å². The number of pyridine rings is 1. The molecule has 3 aromatic rings. The van der Waals surface area contributed by atoms with E-state index in [1.807, 2.05) is 7.05 Å². The summed E-state index contributed by atoms with van der Waals surface area (Å²) in [5.41, 5.74) is 3.43. The molecule has 3 heterocycles. The van der Waals surface area contributed by atoms with Crippen molar-refractivity contribution in [3.05, 3.63) is 63.0 Å². The highest BCUT2D eigenvalue weighted by Crippen LogP contribution is 2.51. The van der Waals surface area contributed by atoms with E-state index in [1.165, 1.54) is 22.7 Å². The standard InChI is InChI=1S/C24H25BrClN3O3/c1-28-12-14(13-32-23(30)15-7-16(25)11-27-10-15)9-24(31-3)18-5-4-6-19-21(18)17(8-20(24)28)22(26)29(19)2/h4-7,10-11,14,20H,8-9,12-13H2,1-3H3/t14?,20-,24?/m1/s1. The van der Waals surface area contributed by atoms with Crippen LogP contribution in [0.5, 0.6) is 0 Å². The second kappa shape index (κ2) is 8.13. The normalized spacial score (nSPS) is 25.0. The van der Waals surface area contributed by atoms with E-state index in [4.69, 9.17) is 21.1 Å². The molecule has 1 fully saturated rings. The van der Waals surface area contributed by atoms with Crippen LogP contribution in [-0.4, -0.2) is 53.8 Å². The summed E-state index contributed by atoms with van der Waals surface area (Å²) in [5, 5.41) is 1.99. The number of carbonyl (C=O) groups excluding carboxylic acids is 1. The minimum absolute atomic E-state index is 0.135. The van der Waals surface area contributed by atoms with Crippen molar-refractivity contribution in [2.45, 2.75) is 24.5 Å². The van der Waals surface area contributed by atoms with Crippen LogP contribution in [0.1, 0.15) is 27.9 Å². The Hall–Kier alpha value is -1.93. The van der Waals surface area contributed by atoms with Gasteiger partial charge >= 0.3 is 5.97 Å². The number of hydrogen-bond acceptors (Lipinski definition) is 5. The number of esters is 1. The topological polar surface area (TPSA) is 56.6 Å². The molecule has 1 saturated heterocycles. The SMILES string of the molecule is COC12CC(COC(=O)c3cncc(Br)c3)CN(C)[C@@H]1Cc1c(Cl)n(C)c3cccc2c13. The summed E-state index contributed by atoms with van der Waals surface area (Å²) >= 11 is 10.1. The van der Waals surface area contributed by atoms with Crippen LogP contribution in [0.25, 0.3) is 10.9 Å². The zero-order valence-electron chi connectivity index (χ0n) is 18.3. The first-order valence-electron chi connectivity index (χ1n) is 10.6. The summed E-state index contributed by atoms with van der Waals surface area (Å²) in [6.07, 6.45) is 4.76. The Morgan fingerprint density at radius 2 is 2.16 bits per heavy atom. The van der Waals surface area contributed by atoms with Crippen molar-refractivity contribution in [3.8, 4) is 0 Å². The Balaban J connectivity index is 1.46. The summed E-state index contributed by atoms with van der Waals surface area (Å²) in [4.78, 5) is 18.9. The van der Waals surface area contributed by atoms with E-state index in [1.54, 1.807) is 19.4 Å². The number of likely N-dealkylation sites (N-methyl/N-ethyl adjacent to an activating group) is 1. The number of methoxy groups -OCH3 is 1. The first-order chi connectivity index (χ1) is 15.4. The number of piperidine rings is 1. The van der Waals surface area contributed by atoms with Gasteiger partial charge in [-0.1, -0.05) is 23.7 Å². The van der Waals surface area contributed by atoms with Gasteiger partial charge < -0.3 is 14.0 Å². The monoisotopic (exact) mass is 517 g/mol. The molecule has 0 amide bonds. The molecule has 1 aliphatic heterocycles. The fourth-order valence-electron chi connectivity index (χ4n) is 5.65. The quantitative estimate of drug-likeness (QED) is 0.474. The van der Waals surface area contributed by atoms with Gasteiger partial charge in [-0.25, -0.2) is 4.79 Å². The van der Waals surface area contributed by atoms with Gasteiger partial charge in [0.15, 0.2) is 0 Å². The van der Waals surface area contributed by atoms with Crippen LogP contribution in [0.3, 0.4) is 0 Å². The van der Waals surface area contributed by atoms with Crippen LogP contribution >= 0.6 is 27.5 Å². The van der Waals surface area contributed by atoms with Crippen LogP contribution in [0.15, 0.2) is 41.1 Å². The van der Waals surface area contributed by atoms with Gasteiger partial charge in [0, 0.05) is 60.4 Å². The highest BCUT2D eigenvalue weighted by Gasteiger charge is 2.52. The Kier molecular flexibility index (Phi) is 5.56. The van der Waals surface area contributed by atoms with Gasteiger partial charge in [-0.2, -0.15) is 0 Å². The van der Waals surface area contributed by atoms with Crippen LogP contribution in [0.2, 0.25) is 5.15 Å². The molecule has 0 bridgehead atoms. The molecule has 8 heteroatoms. The van der Waals surface area contributed by atoms with E-state index in [0.717, 1.165) is 34.5 Å². The third-order valence-corrected chi connectivity index (χ3v) is 7.98. The molecule has 32 heavy (non-hydrogen) atoms. The average molecular weight is 519 g/mol. The van der Waals surface area contributed by atoms with Gasteiger partial charge in [-0.15, -0.1) is 0 Å². The first-order valence-corrected chi connectivity index (χ1v) is 11.8. The van der Waals surface area contributed by atoms with E-state index >= 15 is 0 Å². The number of aryl methyl sites for hydroxylation is 1. The molecule has 5 rings (SSSR count). The molecule has 3 atom stereocenters. The van der Waals surface area contributed by atoms with Crippen molar-refractivity contribution in [1.29, 1.82) is 0 Å². The average Bonchev–Trinajstić information content (AvgIpc) is 3.04. The van der Waals surface area contributed by atoms with Gasteiger partial charge in [-0.3, -0.25) is 9.88 Å². The fourth-order valence-corrected chi connectivity index (χ4v) is 6.28. The molecule has 168 valence electrons.